The van der Waals surface area contributed by atoms with Gasteiger partial charge in [0.05, 0.1) is 4.90 Å². The van der Waals surface area contributed by atoms with Crippen molar-refractivity contribution < 1.29 is 17.9 Å². The Morgan fingerprint density at radius 2 is 1.64 bits per heavy atom. The third-order valence-electron chi connectivity index (χ3n) is 4.86. The third kappa shape index (κ3) is 6.52. The average molecular weight is 469 g/mol. The minimum absolute atomic E-state index is 0.00566. The number of carbonyl (C=O) groups is 1. The molecular formula is C24H28N4O4S. The quantitative estimate of drug-likeness (QED) is 0.535. The highest BCUT2D eigenvalue weighted by atomic mass is 32.2. The lowest BCUT2D eigenvalue weighted by Gasteiger charge is -2.20. The van der Waals surface area contributed by atoms with Gasteiger partial charge in [-0.05, 0) is 67.3 Å². The van der Waals surface area contributed by atoms with Crippen molar-refractivity contribution in [3.63, 3.8) is 0 Å². The first-order valence-corrected chi connectivity index (χ1v) is 11.9. The number of nitrogens with one attached hydrogen (secondary N) is 2. The predicted octanol–water partition coefficient (Wildman–Crippen LogP) is 4.29. The molecule has 0 bridgehead atoms. The second kappa shape index (κ2) is 9.58. The van der Waals surface area contributed by atoms with E-state index in [1.165, 1.54) is 36.0 Å². The molecule has 2 aromatic carbocycles. The van der Waals surface area contributed by atoms with Gasteiger partial charge >= 0.3 is 0 Å². The minimum Gasteiger partial charge on any atom is -0.481 e. The summed E-state index contributed by atoms with van der Waals surface area (Å²) in [5.74, 6) is 0.238. The summed E-state index contributed by atoms with van der Waals surface area (Å²) < 4.78 is 33.2. The maximum atomic E-state index is 12.5. The second-order valence-corrected chi connectivity index (χ2v) is 10.4. The summed E-state index contributed by atoms with van der Waals surface area (Å²) in [5.41, 5.74) is 2.29. The van der Waals surface area contributed by atoms with Gasteiger partial charge in [0.25, 0.3) is 15.9 Å². The fourth-order valence-electron chi connectivity index (χ4n) is 2.93. The van der Waals surface area contributed by atoms with Crippen LogP contribution in [0.15, 0.2) is 65.7 Å². The number of benzene rings is 2. The van der Waals surface area contributed by atoms with Crippen LogP contribution in [0.5, 0.6) is 5.75 Å². The van der Waals surface area contributed by atoms with Gasteiger partial charge in [-0.15, -0.1) is 0 Å². The molecule has 2 N–H and O–H groups in total. The van der Waals surface area contributed by atoms with Crippen molar-refractivity contribution >= 4 is 27.6 Å². The van der Waals surface area contributed by atoms with Gasteiger partial charge in [-0.3, -0.25) is 4.79 Å². The van der Waals surface area contributed by atoms with Crippen LogP contribution in [0.3, 0.4) is 0 Å². The second-order valence-electron chi connectivity index (χ2n) is 8.68. The molecule has 3 rings (SSSR count). The van der Waals surface area contributed by atoms with Crippen LogP contribution in [0.4, 0.5) is 11.6 Å². The van der Waals surface area contributed by atoms with Crippen molar-refractivity contribution in [1.82, 2.24) is 9.97 Å². The molecule has 0 unspecified atom stereocenters. The van der Waals surface area contributed by atoms with Gasteiger partial charge in [-0.2, -0.15) is 0 Å². The number of rotatable bonds is 7. The first kappa shape index (κ1) is 24.2. The number of sulfonamides is 1. The maximum absolute atomic E-state index is 12.5. The zero-order chi connectivity index (χ0) is 24.2. The van der Waals surface area contributed by atoms with Gasteiger partial charge < -0.3 is 10.1 Å². The van der Waals surface area contributed by atoms with E-state index in [2.05, 4.69) is 40.8 Å². The number of ether oxygens (including phenoxy) is 1. The fourth-order valence-corrected chi connectivity index (χ4v) is 3.88. The molecule has 0 radical (unpaired) electrons. The van der Waals surface area contributed by atoms with Crippen molar-refractivity contribution in [2.75, 3.05) is 10.0 Å². The van der Waals surface area contributed by atoms with E-state index in [1.54, 1.807) is 19.9 Å². The van der Waals surface area contributed by atoms with Crippen molar-refractivity contribution in [1.29, 1.82) is 0 Å². The molecule has 1 amide bonds. The lowest BCUT2D eigenvalue weighted by Crippen LogP contribution is -2.30. The van der Waals surface area contributed by atoms with Crippen LogP contribution in [-0.4, -0.2) is 30.4 Å². The lowest BCUT2D eigenvalue weighted by molar-refractivity contribution is -0.122. The molecule has 0 fully saturated rings. The van der Waals surface area contributed by atoms with Crippen LogP contribution in [0, 0.1) is 6.92 Å². The number of aromatic nitrogens is 2. The summed E-state index contributed by atoms with van der Waals surface area (Å²) in [4.78, 5) is 20.5. The van der Waals surface area contributed by atoms with Crippen molar-refractivity contribution in [3.8, 4) is 5.75 Å². The SMILES string of the molecule is Cc1ccnc(NS(=O)(=O)c2ccc(NC(=O)[C@H](C)Oc3ccc(C(C)(C)C)cc3)cc2)n1. The topological polar surface area (TPSA) is 110 Å². The molecule has 0 saturated carbocycles. The van der Waals surface area contributed by atoms with Crippen LogP contribution in [0.25, 0.3) is 0 Å². The lowest BCUT2D eigenvalue weighted by atomic mass is 9.87. The molecule has 0 aliphatic heterocycles. The molecule has 174 valence electrons. The molecule has 0 spiro atoms. The molecule has 1 atom stereocenters. The molecule has 3 aromatic rings. The molecule has 0 aliphatic carbocycles. The standard InChI is InChI=1S/C24H28N4O4S/c1-16-14-15-25-23(26-16)28-33(30,31)21-12-8-19(9-13-21)27-22(29)17(2)32-20-10-6-18(7-11-20)24(3,4)5/h6-15,17H,1-5H3,(H,27,29)(H,25,26,28)/t17-/m0/s1. The summed E-state index contributed by atoms with van der Waals surface area (Å²) in [7, 11) is -3.86. The minimum atomic E-state index is -3.86. The van der Waals surface area contributed by atoms with Crippen molar-refractivity contribution in [2.45, 2.75) is 51.0 Å². The molecule has 8 nitrogen and oxygen atoms in total. The highest BCUT2D eigenvalue weighted by molar-refractivity contribution is 7.92. The van der Waals surface area contributed by atoms with E-state index in [0.29, 0.717) is 17.1 Å². The summed E-state index contributed by atoms with van der Waals surface area (Å²) >= 11 is 0. The molecule has 9 heteroatoms. The van der Waals surface area contributed by atoms with Crippen LogP contribution in [0.2, 0.25) is 0 Å². The van der Waals surface area contributed by atoms with Crippen molar-refractivity contribution in [3.05, 3.63) is 72.1 Å². The fraction of sp³-hybridized carbons (Fsp3) is 0.292. The predicted molar refractivity (Wildman–Crippen MR) is 128 cm³/mol. The van der Waals surface area contributed by atoms with Crippen molar-refractivity contribution in [2.24, 2.45) is 0 Å². The van der Waals surface area contributed by atoms with E-state index < -0.39 is 16.1 Å². The summed E-state index contributed by atoms with van der Waals surface area (Å²) in [6.07, 6.45) is 0.732. The average Bonchev–Trinajstić information content (AvgIpc) is 2.73. The van der Waals surface area contributed by atoms with E-state index >= 15 is 0 Å². The van der Waals surface area contributed by atoms with E-state index in [-0.39, 0.29) is 22.2 Å². The number of nitrogens with zero attached hydrogens (tertiary/aromatic N) is 2. The number of carbonyl (C=O) groups excluding carboxylic acids is 1. The first-order valence-electron chi connectivity index (χ1n) is 10.4. The molecule has 1 aromatic heterocycles. The highest BCUT2D eigenvalue weighted by Crippen LogP contribution is 2.25. The van der Waals surface area contributed by atoms with E-state index in [9.17, 15) is 13.2 Å². The molecule has 1 heterocycles. The number of amides is 1. The normalized spacial score (nSPS) is 12.6. The third-order valence-corrected chi connectivity index (χ3v) is 6.20. The summed E-state index contributed by atoms with van der Waals surface area (Å²) in [5, 5.41) is 2.73. The largest absolute Gasteiger partial charge is 0.481 e. The Kier molecular flexibility index (Phi) is 7.02. The molecule has 0 aliphatic rings. The monoisotopic (exact) mass is 468 g/mol. The number of anilines is 2. The first-order chi connectivity index (χ1) is 15.4. The van der Waals surface area contributed by atoms with Crippen LogP contribution in [0.1, 0.15) is 39.0 Å². The van der Waals surface area contributed by atoms with Gasteiger partial charge in [-0.1, -0.05) is 32.9 Å². The Balaban J connectivity index is 1.61. The summed E-state index contributed by atoms with van der Waals surface area (Å²) in [6.45, 7) is 9.77. The van der Waals surface area contributed by atoms with Crippen LogP contribution in [-0.2, 0) is 20.2 Å². The number of hydrogen-bond acceptors (Lipinski definition) is 6. The molecular weight excluding hydrogens is 440 g/mol. The highest BCUT2D eigenvalue weighted by Gasteiger charge is 2.19. The molecule has 0 saturated heterocycles. The van der Waals surface area contributed by atoms with Gasteiger partial charge in [0.15, 0.2) is 6.10 Å². The van der Waals surface area contributed by atoms with E-state index in [4.69, 9.17) is 4.74 Å². The Bertz CT molecular complexity index is 1220. The smallest absolute Gasteiger partial charge is 0.265 e. The zero-order valence-corrected chi connectivity index (χ0v) is 20.1. The van der Waals surface area contributed by atoms with Gasteiger partial charge in [0, 0.05) is 17.6 Å². The Morgan fingerprint density at radius 3 is 2.21 bits per heavy atom. The van der Waals surface area contributed by atoms with E-state index in [1.807, 2.05) is 24.3 Å². The summed E-state index contributed by atoms with van der Waals surface area (Å²) in [6, 6.07) is 15.1. The van der Waals surface area contributed by atoms with Gasteiger partial charge in [0.1, 0.15) is 5.75 Å². The van der Waals surface area contributed by atoms with Crippen LogP contribution >= 0.6 is 0 Å². The van der Waals surface area contributed by atoms with Gasteiger partial charge in [0.2, 0.25) is 5.95 Å². The van der Waals surface area contributed by atoms with E-state index in [0.717, 1.165) is 0 Å². The van der Waals surface area contributed by atoms with Gasteiger partial charge in [-0.25, -0.2) is 23.1 Å². The Labute approximate surface area is 194 Å². The Morgan fingerprint density at radius 1 is 1.00 bits per heavy atom. The van der Waals surface area contributed by atoms with Crippen LogP contribution < -0.4 is 14.8 Å². The number of hydrogen-bond donors (Lipinski definition) is 2. The molecule has 33 heavy (non-hydrogen) atoms. The zero-order valence-electron chi connectivity index (χ0n) is 19.3. The number of aryl methyl sites for hydroxylation is 1. The Hall–Kier alpha value is -3.46. The maximum Gasteiger partial charge on any atom is 0.265 e.